The van der Waals surface area contributed by atoms with Gasteiger partial charge in [-0.1, -0.05) is 6.08 Å². The molecule has 0 aliphatic carbocycles. The molecule has 130 valence electrons. The molecule has 2 N–H and O–H groups in total. The highest BCUT2D eigenvalue weighted by atomic mass is 16.5. The van der Waals surface area contributed by atoms with Gasteiger partial charge in [0.1, 0.15) is 5.60 Å². The van der Waals surface area contributed by atoms with E-state index in [1.165, 1.54) is 0 Å². The van der Waals surface area contributed by atoms with E-state index in [1.54, 1.807) is 13.2 Å². The molecule has 0 aromatic carbocycles. The molecule has 0 unspecified atom stereocenters. The normalized spacial score (nSPS) is 21.7. The zero-order valence-electron chi connectivity index (χ0n) is 14.0. The van der Waals surface area contributed by atoms with Crippen molar-refractivity contribution in [2.45, 2.75) is 18.4 Å². The van der Waals surface area contributed by atoms with E-state index in [2.05, 4.69) is 22.1 Å². The highest BCUT2D eigenvalue weighted by Gasteiger charge is 2.42. The number of rotatable bonds is 6. The molecule has 2 saturated heterocycles. The predicted octanol–water partition coefficient (Wildman–Crippen LogP) is -0.799. The molecule has 0 aromatic heterocycles. The molecule has 0 atom stereocenters. The van der Waals surface area contributed by atoms with Crippen LogP contribution in [-0.2, 0) is 14.3 Å². The first-order valence-corrected chi connectivity index (χ1v) is 8.26. The van der Waals surface area contributed by atoms with Crippen molar-refractivity contribution in [1.82, 2.24) is 20.4 Å². The van der Waals surface area contributed by atoms with Crippen LogP contribution in [0.3, 0.4) is 0 Å². The van der Waals surface area contributed by atoms with Gasteiger partial charge in [-0.2, -0.15) is 0 Å². The highest BCUT2D eigenvalue weighted by molar-refractivity contribution is 5.85. The summed E-state index contributed by atoms with van der Waals surface area (Å²) in [6.45, 7) is 8.77. The third kappa shape index (κ3) is 4.53. The Labute approximate surface area is 138 Å². The minimum atomic E-state index is -0.672. The first-order valence-electron chi connectivity index (χ1n) is 8.26. The first-order chi connectivity index (χ1) is 11.1. The van der Waals surface area contributed by atoms with E-state index in [9.17, 15) is 9.59 Å². The molecule has 2 heterocycles. The van der Waals surface area contributed by atoms with E-state index in [0.29, 0.717) is 52.1 Å². The number of amides is 2. The molecule has 7 nitrogen and oxygen atoms in total. The SMILES string of the molecule is C=CCNC(=O)CN1CCN(C(=O)C2(OC)CCNCC2)CC1. The van der Waals surface area contributed by atoms with E-state index < -0.39 is 5.60 Å². The highest BCUT2D eigenvalue weighted by Crippen LogP contribution is 2.25. The largest absolute Gasteiger partial charge is 0.368 e. The molecular formula is C16H28N4O3. The van der Waals surface area contributed by atoms with Gasteiger partial charge in [0.05, 0.1) is 6.54 Å². The molecular weight excluding hydrogens is 296 g/mol. The number of methoxy groups -OCH3 is 1. The lowest BCUT2D eigenvalue weighted by Gasteiger charge is -2.42. The third-order valence-corrected chi connectivity index (χ3v) is 4.66. The number of nitrogens with one attached hydrogen (secondary N) is 2. The Morgan fingerprint density at radius 3 is 2.48 bits per heavy atom. The van der Waals surface area contributed by atoms with Crippen LogP contribution in [-0.4, -0.2) is 86.7 Å². The van der Waals surface area contributed by atoms with Crippen LogP contribution in [0.15, 0.2) is 12.7 Å². The van der Waals surface area contributed by atoms with Crippen molar-refractivity contribution < 1.29 is 14.3 Å². The number of piperidine rings is 1. The third-order valence-electron chi connectivity index (χ3n) is 4.66. The van der Waals surface area contributed by atoms with E-state index in [1.807, 2.05) is 4.90 Å². The Hall–Kier alpha value is -1.44. The van der Waals surface area contributed by atoms with Crippen LogP contribution < -0.4 is 10.6 Å². The summed E-state index contributed by atoms with van der Waals surface area (Å²) in [7, 11) is 1.63. The second-order valence-electron chi connectivity index (χ2n) is 6.11. The topological polar surface area (TPSA) is 73.9 Å². The molecule has 0 bridgehead atoms. The lowest BCUT2D eigenvalue weighted by molar-refractivity contribution is -0.160. The Kier molecular flexibility index (Phi) is 6.56. The molecule has 2 fully saturated rings. The van der Waals surface area contributed by atoms with Crippen LogP contribution in [0.2, 0.25) is 0 Å². The number of carbonyl (C=O) groups is 2. The number of carbonyl (C=O) groups excluding carboxylic acids is 2. The molecule has 0 radical (unpaired) electrons. The maximum Gasteiger partial charge on any atom is 0.254 e. The second-order valence-corrected chi connectivity index (χ2v) is 6.11. The summed E-state index contributed by atoms with van der Waals surface area (Å²) in [4.78, 5) is 28.5. The van der Waals surface area contributed by atoms with Crippen LogP contribution in [0, 0.1) is 0 Å². The summed E-state index contributed by atoms with van der Waals surface area (Å²) in [6.07, 6.45) is 3.09. The molecule has 2 amide bonds. The van der Waals surface area contributed by atoms with Gasteiger partial charge < -0.3 is 20.3 Å². The molecule has 7 heteroatoms. The fourth-order valence-corrected chi connectivity index (χ4v) is 3.18. The van der Waals surface area contributed by atoms with Crippen LogP contribution in [0.1, 0.15) is 12.8 Å². The molecule has 2 rings (SSSR count). The quantitative estimate of drug-likeness (QED) is 0.626. The number of hydrogen-bond acceptors (Lipinski definition) is 5. The van der Waals surface area contributed by atoms with Crippen molar-refractivity contribution in [1.29, 1.82) is 0 Å². The predicted molar refractivity (Wildman–Crippen MR) is 88.1 cm³/mol. The van der Waals surface area contributed by atoms with Gasteiger partial charge in [-0.05, 0) is 25.9 Å². The van der Waals surface area contributed by atoms with Crippen LogP contribution in [0.5, 0.6) is 0 Å². The van der Waals surface area contributed by atoms with Gasteiger partial charge >= 0.3 is 0 Å². The Morgan fingerprint density at radius 1 is 1.26 bits per heavy atom. The lowest BCUT2D eigenvalue weighted by atomic mass is 9.90. The number of piperazine rings is 1. The summed E-state index contributed by atoms with van der Waals surface area (Å²) in [5, 5.41) is 6.04. The van der Waals surface area contributed by atoms with Gasteiger partial charge in [-0.3, -0.25) is 14.5 Å². The summed E-state index contributed by atoms with van der Waals surface area (Å²) >= 11 is 0. The number of ether oxygens (including phenoxy) is 1. The summed E-state index contributed by atoms with van der Waals surface area (Å²) in [5.41, 5.74) is -0.672. The van der Waals surface area contributed by atoms with E-state index in [0.717, 1.165) is 13.1 Å². The number of nitrogens with zero attached hydrogens (tertiary/aromatic N) is 2. The summed E-state index contributed by atoms with van der Waals surface area (Å²) in [6, 6.07) is 0. The Balaban J connectivity index is 1.82. The number of hydrogen-bond donors (Lipinski definition) is 2. The maximum absolute atomic E-state index is 12.8. The standard InChI is InChI=1S/C16H28N4O3/c1-3-6-18-14(21)13-19-9-11-20(12-10-19)15(22)16(23-2)4-7-17-8-5-16/h3,17H,1,4-13H2,2H3,(H,18,21). The zero-order chi connectivity index (χ0) is 16.7. The van der Waals surface area contributed by atoms with Crippen LogP contribution >= 0.6 is 0 Å². The fraction of sp³-hybridized carbons (Fsp3) is 0.750. The summed E-state index contributed by atoms with van der Waals surface area (Å²) in [5.74, 6) is 0.0913. The Bertz CT molecular complexity index is 427. The molecule has 0 spiro atoms. The minimum absolute atomic E-state index is 0.00334. The van der Waals surface area contributed by atoms with Crippen molar-refractivity contribution in [3.05, 3.63) is 12.7 Å². The van der Waals surface area contributed by atoms with Gasteiger partial charge in [0.15, 0.2) is 0 Å². The van der Waals surface area contributed by atoms with E-state index in [-0.39, 0.29) is 11.8 Å². The van der Waals surface area contributed by atoms with Gasteiger partial charge in [-0.15, -0.1) is 6.58 Å². The van der Waals surface area contributed by atoms with E-state index >= 15 is 0 Å². The zero-order valence-corrected chi connectivity index (χ0v) is 14.0. The molecule has 0 aromatic rings. The fourth-order valence-electron chi connectivity index (χ4n) is 3.18. The monoisotopic (exact) mass is 324 g/mol. The van der Waals surface area contributed by atoms with Crippen molar-refractivity contribution in [2.24, 2.45) is 0 Å². The smallest absolute Gasteiger partial charge is 0.254 e. The average Bonchev–Trinajstić information content (AvgIpc) is 2.60. The van der Waals surface area contributed by atoms with Crippen molar-refractivity contribution >= 4 is 11.8 Å². The molecule has 2 aliphatic rings. The van der Waals surface area contributed by atoms with E-state index in [4.69, 9.17) is 4.74 Å². The van der Waals surface area contributed by atoms with Crippen molar-refractivity contribution in [3.8, 4) is 0 Å². The van der Waals surface area contributed by atoms with Crippen LogP contribution in [0.25, 0.3) is 0 Å². The molecule has 23 heavy (non-hydrogen) atoms. The van der Waals surface area contributed by atoms with Gasteiger partial charge in [0.2, 0.25) is 5.91 Å². The first kappa shape index (κ1) is 17.9. The van der Waals surface area contributed by atoms with Crippen molar-refractivity contribution in [2.75, 3.05) is 59.5 Å². The van der Waals surface area contributed by atoms with Gasteiger partial charge in [0, 0.05) is 39.8 Å². The minimum Gasteiger partial charge on any atom is -0.368 e. The molecule has 0 saturated carbocycles. The average molecular weight is 324 g/mol. The molecule has 2 aliphatic heterocycles. The summed E-state index contributed by atoms with van der Waals surface area (Å²) < 4.78 is 5.61. The lowest BCUT2D eigenvalue weighted by Crippen LogP contribution is -2.59. The van der Waals surface area contributed by atoms with Gasteiger partial charge in [-0.25, -0.2) is 0 Å². The second kappa shape index (κ2) is 8.42. The van der Waals surface area contributed by atoms with Gasteiger partial charge in [0.25, 0.3) is 5.91 Å². The van der Waals surface area contributed by atoms with Crippen LogP contribution in [0.4, 0.5) is 0 Å². The maximum atomic E-state index is 12.8. The Morgan fingerprint density at radius 2 is 1.91 bits per heavy atom. The van der Waals surface area contributed by atoms with Crippen molar-refractivity contribution in [3.63, 3.8) is 0 Å².